The molecule has 0 spiro atoms. The molecule has 2 N–H and O–H groups in total. The minimum atomic E-state index is -1.22. The van der Waals surface area contributed by atoms with E-state index in [0.29, 0.717) is 0 Å². The fraction of sp³-hybridized carbons (Fsp3) is 0.455. The quantitative estimate of drug-likeness (QED) is 0.823. The molecule has 0 amide bonds. The van der Waals surface area contributed by atoms with Crippen LogP contribution in [0.2, 0.25) is 0 Å². The Morgan fingerprint density at radius 1 is 0.583 bits per heavy atom. The van der Waals surface area contributed by atoms with Crippen LogP contribution >= 0.6 is 0 Å². The molecule has 24 heavy (non-hydrogen) atoms. The van der Waals surface area contributed by atoms with Crippen LogP contribution in [0.4, 0.5) is 0 Å². The summed E-state index contributed by atoms with van der Waals surface area (Å²) in [5, 5.41) is 11.3. The molecule has 0 aliphatic carbocycles. The lowest BCUT2D eigenvalue weighted by atomic mass is 9.53. The van der Waals surface area contributed by atoms with Gasteiger partial charge >= 0.3 is 0 Å². The van der Waals surface area contributed by atoms with Crippen molar-refractivity contribution in [1.29, 1.82) is 2.86 Å². The van der Waals surface area contributed by atoms with Crippen molar-refractivity contribution < 1.29 is 10.2 Å². The second kappa shape index (κ2) is 6.02. The van der Waals surface area contributed by atoms with Crippen molar-refractivity contribution in [1.82, 2.24) is 0 Å². The summed E-state index contributed by atoms with van der Waals surface area (Å²) < 4.78 is 16.5. The molecule has 130 valence electrons. The Hall–Kier alpha value is -1.64. The molecule has 0 aromatic heterocycles. The largest absolute Gasteiger partial charge is 0.381 e. The first kappa shape index (κ1) is 15.9. The maximum absolute atomic E-state index is 8.23. The molecule has 0 radical (unpaired) electrons. The minimum absolute atomic E-state index is 0.541. The molecule has 0 saturated heterocycles. The Labute approximate surface area is 149 Å². The van der Waals surface area contributed by atoms with E-state index in [1.54, 1.807) is 0 Å². The average molecular weight is 328 g/mol. The van der Waals surface area contributed by atoms with Crippen LogP contribution < -0.4 is 0 Å². The lowest BCUT2D eigenvalue weighted by Gasteiger charge is -2.57. The molecule has 2 aromatic rings. The molecule has 0 aliphatic rings. The van der Waals surface area contributed by atoms with Crippen molar-refractivity contribution in [2.45, 2.75) is 52.7 Å². The van der Waals surface area contributed by atoms with Crippen LogP contribution in [0, 0.1) is 10.8 Å². The van der Waals surface area contributed by atoms with Gasteiger partial charge in [-0.1, -0.05) is 102 Å². The van der Waals surface area contributed by atoms with E-state index in [1.807, 2.05) is 102 Å². The summed E-state index contributed by atoms with van der Waals surface area (Å²) in [6.45, 7) is 12.1. The zero-order valence-electron chi connectivity index (χ0n) is 17.6. The molecule has 0 fully saturated rings. The summed E-state index contributed by atoms with van der Waals surface area (Å²) in [6.07, 6.45) is 0. The molecule has 2 nitrogen and oxygen atoms in total. The van der Waals surface area contributed by atoms with Crippen LogP contribution in [0.1, 0.15) is 52.7 Å². The number of benzene rings is 2. The molecule has 0 heterocycles. The van der Waals surface area contributed by atoms with E-state index in [0.717, 1.165) is 11.1 Å². The second-order valence-corrected chi connectivity index (χ2v) is 8.59. The zero-order valence-corrected chi connectivity index (χ0v) is 15.6. The second-order valence-electron chi connectivity index (χ2n) is 8.59. The van der Waals surface area contributed by atoms with Gasteiger partial charge in [0.15, 0.2) is 0 Å². The van der Waals surface area contributed by atoms with E-state index in [9.17, 15) is 0 Å². The van der Waals surface area contributed by atoms with Crippen LogP contribution in [0.5, 0.6) is 0 Å². The highest BCUT2D eigenvalue weighted by Gasteiger charge is 2.63. The predicted octanol–water partition coefficient (Wildman–Crippen LogP) is 4.85. The molecule has 2 rings (SSSR count). The maximum Gasteiger partial charge on any atom is 0.212 e. The molecule has 0 saturated carbocycles. The molecule has 0 unspecified atom stereocenters. The highest BCUT2D eigenvalue weighted by atomic mass is 16.4. The summed E-state index contributed by atoms with van der Waals surface area (Å²) >= 11 is 0. The van der Waals surface area contributed by atoms with E-state index in [1.165, 1.54) is 0 Å². The first-order chi connectivity index (χ1) is 12.1. The van der Waals surface area contributed by atoms with Crippen molar-refractivity contribution in [2.75, 3.05) is 0 Å². The van der Waals surface area contributed by atoms with Gasteiger partial charge in [-0.05, 0) is 22.0 Å². The van der Waals surface area contributed by atoms with Gasteiger partial charge in [0, 0.05) is 0 Å². The molecule has 2 aromatic carbocycles. The van der Waals surface area contributed by atoms with Gasteiger partial charge in [0.25, 0.3) is 0 Å². The Morgan fingerprint density at radius 3 is 1.08 bits per heavy atom. The fourth-order valence-electron chi connectivity index (χ4n) is 3.67. The summed E-state index contributed by atoms with van der Waals surface area (Å²) in [5.41, 5.74) is -1.90. The Morgan fingerprint density at radius 2 is 0.875 bits per heavy atom. The van der Waals surface area contributed by atoms with Gasteiger partial charge < -0.3 is 10.2 Å². The zero-order chi connectivity index (χ0) is 19.6. The van der Waals surface area contributed by atoms with Gasteiger partial charge in [-0.25, -0.2) is 0 Å². The lowest BCUT2D eigenvalue weighted by molar-refractivity contribution is -0.261. The van der Waals surface area contributed by atoms with Gasteiger partial charge in [-0.15, -0.1) is 0 Å². The first-order valence-electron chi connectivity index (χ1n) is 9.30. The van der Waals surface area contributed by atoms with Crippen LogP contribution in [0.15, 0.2) is 60.7 Å². The van der Waals surface area contributed by atoms with Crippen molar-refractivity contribution in [3.63, 3.8) is 0 Å². The number of hydrogen-bond acceptors (Lipinski definition) is 2. The SMILES string of the molecule is [2H]O[C@](c1ccccc1)(C(C)(C)C)[C@](O[2H])(c1ccccc1)C(C)(C)C. The molecular weight excluding hydrogens is 296 g/mol. The summed E-state index contributed by atoms with van der Waals surface area (Å²) in [7, 11) is 0. The van der Waals surface area contributed by atoms with Crippen molar-refractivity contribution in [3.05, 3.63) is 71.8 Å². The minimum Gasteiger partial charge on any atom is -0.381 e. The molecule has 2 heteroatoms. The molecule has 2 atom stereocenters. The monoisotopic (exact) mass is 328 g/mol. The van der Waals surface area contributed by atoms with Gasteiger partial charge in [-0.2, -0.15) is 0 Å². The van der Waals surface area contributed by atoms with Crippen molar-refractivity contribution >= 4 is 0 Å². The standard InChI is InChI=1S/C22H30O2/c1-19(2,3)21(23,17-13-9-7-10-14-17)22(24,20(4,5)6)18-15-11-8-12-16-18/h7-16,23-24H,1-6H3/t21-,22+/i23D,24D. The predicted molar refractivity (Wildman–Crippen MR) is 99.6 cm³/mol. The van der Waals surface area contributed by atoms with Gasteiger partial charge in [0.2, 0.25) is 2.86 Å². The Bertz CT molecular complexity index is 641. The lowest BCUT2D eigenvalue weighted by Crippen LogP contribution is -2.62. The highest BCUT2D eigenvalue weighted by molar-refractivity contribution is 5.37. The average Bonchev–Trinajstić information content (AvgIpc) is 2.59. The smallest absolute Gasteiger partial charge is 0.212 e. The number of hydrogen-bond donors (Lipinski definition) is 2. The third-order valence-electron chi connectivity index (χ3n) is 4.97. The summed E-state index contributed by atoms with van der Waals surface area (Å²) in [4.78, 5) is 0. The fourth-order valence-corrected chi connectivity index (χ4v) is 3.67. The number of rotatable bonds is 5. The maximum atomic E-state index is 8.23. The Kier molecular flexibility index (Phi) is 3.98. The topological polar surface area (TPSA) is 40.5 Å². The third-order valence-corrected chi connectivity index (χ3v) is 4.97. The van der Waals surface area contributed by atoms with E-state index in [4.69, 9.17) is 13.1 Å². The summed E-state index contributed by atoms with van der Waals surface area (Å²) in [6, 6.07) is 19.4. The van der Waals surface area contributed by atoms with E-state index >= 15 is 0 Å². The molecule has 0 aliphatic heterocycles. The van der Waals surface area contributed by atoms with Crippen LogP contribution in [0.25, 0.3) is 0 Å². The Balaban J connectivity index is 3.02. The van der Waals surface area contributed by atoms with E-state index in [2.05, 4.69) is 0 Å². The van der Waals surface area contributed by atoms with E-state index in [-0.39, 0.29) is 0 Å². The normalized spacial score (nSPS) is 18.9. The van der Waals surface area contributed by atoms with Crippen molar-refractivity contribution in [3.8, 4) is 0 Å². The third kappa shape index (κ3) is 2.68. The van der Waals surface area contributed by atoms with E-state index < -0.39 is 22.0 Å². The van der Waals surface area contributed by atoms with Gasteiger partial charge in [-0.3, -0.25) is 0 Å². The van der Waals surface area contributed by atoms with Gasteiger partial charge in [0.1, 0.15) is 11.2 Å². The van der Waals surface area contributed by atoms with Crippen LogP contribution in [-0.2, 0) is 11.2 Å². The molecular formula is C22H30O2. The highest BCUT2D eigenvalue weighted by Crippen LogP contribution is 2.58. The molecule has 0 bridgehead atoms. The van der Waals surface area contributed by atoms with Crippen molar-refractivity contribution in [2.24, 2.45) is 10.8 Å². The summed E-state index contributed by atoms with van der Waals surface area (Å²) in [5.74, 6) is 0. The number of aliphatic hydroxyl groups is 2. The van der Waals surface area contributed by atoms with Crippen LogP contribution in [0.3, 0.4) is 0 Å². The first-order valence-corrected chi connectivity index (χ1v) is 8.48. The van der Waals surface area contributed by atoms with Gasteiger partial charge in [0.05, 0.1) is 0 Å². The van der Waals surface area contributed by atoms with Crippen LogP contribution in [-0.4, -0.2) is 13.1 Å².